The van der Waals surface area contributed by atoms with Crippen LogP contribution in [0.15, 0.2) is 73.5 Å². The molecule has 0 aliphatic carbocycles. The molecule has 6 rings (SSSR count). The van der Waals surface area contributed by atoms with E-state index in [-0.39, 0.29) is 5.56 Å². The maximum absolute atomic E-state index is 13.0. The maximum atomic E-state index is 13.0. The van der Waals surface area contributed by atoms with Gasteiger partial charge in [0.25, 0.3) is 11.4 Å². The van der Waals surface area contributed by atoms with Gasteiger partial charge in [-0.2, -0.15) is 0 Å². The van der Waals surface area contributed by atoms with Crippen LogP contribution in [0.4, 0.5) is 0 Å². The zero-order valence-corrected chi connectivity index (χ0v) is 20.4. The van der Waals surface area contributed by atoms with Gasteiger partial charge in [0.1, 0.15) is 17.0 Å². The van der Waals surface area contributed by atoms with E-state index >= 15 is 0 Å². The minimum atomic E-state index is -0.0660. The van der Waals surface area contributed by atoms with Gasteiger partial charge >= 0.3 is 0 Å². The van der Waals surface area contributed by atoms with Crippen LogP contribution < -0.4 is 5.56 Å². The molecule has 0 saturated heterocycles. The molecule has 0 atom stereocenters. The fraction of sp³-hybridized carbons (Fsp3) is 0.200. The Morgan fingerprint density at radius 1 is 0.972 bits per heavy atom. The van der Waals surface area contributed by atoms with E-state index in [1.807, 2.05) is 72.8 Å². The van der Waals surface area contributed by atoms with Gasteiger partial charge in [0.05, 0.1) is 16.7 Å². The van der Waals surface area contributed by atoms with E-state index in [9.17, 15) is 4.79 Å². The van der Waals surface area contributed by atoms with Gasteiger partial charge in [0, 0.05) is 12.1 Å². The Morgan fingerprint density at radius 2 is 1.78 bits per heavy atom. The lowest BCUT2D eigenvalue weighted by Gasteiger charge is -2.10. The summed E-state index contributed by atoms with van der Waals surface area (Å²) in [6.07, 6.45) is 0.807. The third-order valence-corrected chi connectivity index (χ3v) is 6.75. The lowest BCUT2D eigenvalue weighted by atomic mass is 10.1. The highest BCUT2D eigenvalue weighted by Gasteiger charge is 2.23. The first-order valence-electron chi connectivity index (χ1n) is 11.5. The fourth-order valence-corrected chi connectivity index (χ4v) is 4.99. The minimum Gasteiger partial charge on any atom is -0.420 e. The summed E-state index contributed by atoms with van der Waals surface area (Å²) < 4.78 is 15.0. The molecule has 0 aliphatic heterocycles. The number of para-hydroxylation sites is 1. The van der Waals surface area contributed by atoms with Crippen LogP contribution in [0.1, 0.15) is 25.0 Å². The lowest BCUT2D eigenvalue weighted by molar-refractivity contribution is 0.399. The number of hydrogen-bond acceptors (Lipinski definition) is 9. The molecular weight excluding hydrogens is 478 g/mol. The smallest absolute Gasteiger partial charge is 0.262 e. The minimum absolute atomic E-state index is 0.0660. The first-order valence-corrected chi connectivity index (χ1v) is 12.5. The molecule has 6 aromatic rings. The van der Waals surface area contributed by atoms with E-state index in [4.69, 9.17) is 8.94 Å². The van der Waals surface area contributed by atoms with E-state index in [1.54, 1.807) is 4.57 Å². The second-order valence-corrected chi connectivity index (χ2v) is 9.15. The molecular formula is C25H21N7O3S. The average molecular weight is 500 g/mol. The number of aromatic nitrogens is 7. The molecule has 36 heavy (non-hydrogen) atoms. The molecule has 0 aliphatic rings. The largest absolute Gasteiger partial charge is 0.420 e. The second-order valence-electron chi connectivity index (χ2n) is 8.21. The van der Waals surface area contributed by atoms with Crippen molar-refractivity contribution in [2.75, 3.05) is 0 Å². The molecule has 2 aromatic carbocycles. The van der Waals surface area contributed by atoms with Gasteiger partial charge in [-0.15, -0.1) is 20.4 Å². The van der Waals surface area contributed by atoms with Crippen LogP contribution in [0, 0.1) is 6.92 Å². The first-order chi connectivity index (χ1) is 17.7. The summed E-state index contributed by atoms with van der Waals surface area (Å²) >= 11 is 1.41. The van der Waals surface area contributed by atoms with E-state index in [1.165, 1.54) is 11.8 Å². The van der Waals surface area contributed by atoms with Crippen molar-refractivity contribution in [3.63, 3.8) is 0 Å². The second kappa shape index (κ2) is 9.08. The third-order valence-electron chi connectivity index (χ3n) is 5.84. The number of benzene rings is 2. The van der Waals surface area contributed by atoms with Crippen LogP contribution in [0.2, 0.25) is 0 Å². The summed E-state index contributed by atoms with van der Waals surface area (Å²) in [4.78, 5) is 13.0. The molecule has 180 valence electrons. The molecule has 0 amide bonds. The van der Waals surface area contributed by atoms with Gasteiger partial charge in [0.15, 0.2) is 5.16 Å². The molecule has 4 heterocycles. The van der Waals surface area contributed by atoms with E-state index in [0.717, 1.165) is 17.5 Å². The Balaban J connectivity index is 1.34. The summed E-state index contributed by atoms with van der Waals surface area (Å²) in [5.74, 6) is 2.26. The van der Waals surface area contributed by atoms with Crippen molar-refractivity contribution < 1.29 is 8.94 Å². The van der Waals surface area contributed by atoms with E-state index in [0.29, 0.717) is 57.4 Å². The molecule has 0 N–H and O–H groups in total. The van der Waals surface area contributed by atoms with Crippen LogP contribution in [0.3, 0.4) is 0 Å². The standard InChI is InChI=1S/C25H21N7O3S/c1-3-13-31-23(33)17-11-7-8-12-18(17)32-24(31)28-29-25(32)36-14-19-26-27-22(34-19)20-15(2)35-30-21(20)16-9-5-4-6-10-16/h4-12H,3,13-14H2,1-2H3. The van der Waals surface area contributed by atoms with Crippen molar-refractivity contribution in [3.8, 4) is 22.7 Å². The van der Waals surface area contributed by atoms with Crippen molar-refractivity contribution in [2.45, 2.75) is 37.7 Å². The summed E-state index contributed by atoms with van der Waals surface area (Å²) in [7, 11) is 0. The Kier molecular flexibility index (Phi) is 5.61. The molecule has 0 bridgehead atoms. The quantitative estimate of drug-likeness (QED) is 0.287. The summed E-state index contributed by atoms with van der Waals surface area (Å²) in [5, 5.41) is 22.6. The third kappa shape index (κ3) is 3.68. The first kappa shape index (κ1) is 22.2. The molecule has 0 radical (unpaired) electrons. The van der Waals surface area contributed by atoms with Gasteiger partial charge < -0.3 is 8.94 Å². The van der Waals surface area contributed by atoms with Crippen molar-refractivity contribution in [1.29, 1.82) is 0 Å². The van der Waals surface area contributed by atoms with E-state index < -0.39 is 0 Å². The monoisotopic (exact) mass is 499 g/mol. The molecule has 4 aromatic heterocycles. The predicted molar refractivity (Wildman–Crippen MR) is 135 cm³/mol. The lowest BCUT2D eigenvalue weighted by Crippen LogP contribution is -2.23. The van der Waals surface area contributed by atoms with Gasteiger partial charge in [-0.1, -0.05) is 66.3 Å². The predicted octanol–water partition coefficient (Wildman–Crippen LogP) is 4.76. The topological polar surface area (TPSA) is 117 Å². The van der Waals surface area contributed by atoms with Crippen LogP contribution in [-0.4, -0.2) is 34.5 Å². The Hall–Kier alpha value is -4.25. The number of thioether (sulfide) groups is 1. The highest BCUT2D eigenvalue weighted by Crippen LogP contribution is 2.34. The van der Waals surface area contributed by atoms with Crippen molar-refractivity contribution >= 4 is 28.4 Å². The number of rotatable bonds is 7. The Morgan fingerprint density at radius 3 is 2.61 bits per heavy atom. The zero-order valence-electron chi connectivity index (χ0n) is 19.6. The zero-order chi connectivity index (χ0) is 24.6. The van der Waals surface area contributed by atoms with Crippen molar-refractivity contribution in [1.82, 2.24) is 34.5 Å². The normalized spacial score (nSPS) is 11.6. The number of aryl methyl sites for hydroxylation is 2. The summed E-state index contributed by atoms with van der Waals surface area (Å²) in [6, 6.07) is 17.2. The van der Waals surface area contributed by atoms with Crippen LogP contribution in [-0.2, 0) is 12.3 Å². The highest BCUT2D eigenvalue weighted by atomic mass is 32.2. The average Bonchev–Trinajstić information content (AvgIpc) is 3.64. The van der Waals surface area contributed by atoms with Gasteiger partial charge in [-0.3, -0.25) is 13.8 Å². The fourth-order valence-electron chi connectivity index (χ4n) is 4.21. The SMILES string of the molecule is CCCn1c(=O)c2ccccc2n2c(SCc3nnc(-c4c(-c5ccccc5)noc4C)o3)nnc12. The summed E-state index contributed by atoms with van der Waals surface area (Å²) in [5.41, 5.74) is 2.92. The van der Waals surface area contributed by atoms with E-state index in [2.05, 4.69) is 25.6 Å². The van der Waals surface area contributed by atoms with Crippen molar-refractivity contribution in [2.24, 2.45) is 0 Å². The number of fused-ring (bicyclic) bond motifs is 3. The van der Waals surface area contributed by atoms with Crippen molar-refractivity contribution in [3.05, 3.63) is 76.6 Å². The maximum Gasteiger partial charge on any atom is 0.262 e. The molecule has 0 unspecified atom stereocenters. The molecule has 0 saturated carbocycles. The number of hydrogen-bond donors (Lipinski definition) is 0. The Labute approximate surface area is 209 Å². The molecule has 11 heteroatoms. The van der Waals surface area contributed by atoms with Gasteiger partial charge in [-0.05, 0) is 25.5 Å². The molecule has 0 spiro atoms. The van der Waals surface area contributed by atoms with Crippen LogP contribution in [0.25, 0.3) is 39.4 Å². The Bertz CT molecular complexity index is 1750. The van der Waals surface area contributed by atoms with Gasteiger partial charge in [-0.25, -0.2) is 0 Å². The number of nitrogens with zero attached hydrogens (tertiary/aromatic N) is 7. The van der Waals surface area contributed by atoms with Crippen LogP contribution >= 0.6 is 11.8 Å². The molecule has 0 fully saturated rings. The molecule has 10 nitrogen and oxygen atoms in total. The van der Waals surface area contributed by atoms with Gasteiger partial charge in [0.2, 0.25) is 11.7 Å². The summed E-state index contributed by atoms with van der Waals surface area (Å²) in [6.45, 7) is 4.40. The highest BCUT2D eigenvalue weighted by molar-refractivity contribution is 7.98. The van der Waals surface area contributed by atoms with Crippen LogP contribution in [0.5, 0.6) is 0 Å².